The standard InChI is InChI=1S/C15H22FN/c1-11-6-8-15(9-7-11)17-12(2)13-4-3-5-14(16)10-13/h3-5,10-12,15,17H,6-9H2,1-2H3/t11?,12-,15?/m0/s1. The maximum absolute atomic E-state index is 13.1. The van der Waals surface area contributed by atoms with Gasteiger partial charge in [0.25, 0.3) is 0 Å². The third-order valence-electron chi connectivity index (χ3n) is 3.85. The molecule has 0 unspecified atom stereocenters. The van der Waals surface area contributed by atoms with Crippen LogP contribution in [0.15, 0.2) is 24.3 Å². The summed E-state index contributed by atoms with van der Waals surface area (Å²) in [6, 6.07) is 7.74. The third-order valence-corrected chi connectivity index (χ3v) is 3.85. The fraction of sp³-hybridized carbons (Fsp3) is 0.600. The molecule has 17 heavy (non-hydrogen) atoms. The maximum Gasteiger partial charge on any atom is 0.123 e. The predicted octanol–water partition coefficient (Wildman–Crippen LogP) is 4.06. The molecule has 0 heterocycles. The van der Waals surface area contributed by atoms with Crippen molar-refractivity contribution in [3.63, 3.8) is 0 Å². The van der Waals surface area contributed by atoms with E-state index in [1.54, 1.807) is 12.1 Å². The first-order chi connectivity index (χ1) is 8.15. The van der Waals surface area contributed by atoms with Crippen molar-refractivity contribution in [1.82, 2.24) is 5.32 Å². The fourth-order valence-electron chi connectivity index (χ4n) is 2.65. The van der Waals surface area contributed by atoms with Crippen molar-refractivity contribution in [2.45, 2.75) is 51.6 Å². The second-order valence-electron chi connectivity index (χ2n) is 5.40. The Balaban J connectivity index is 1.90. The summed E-state index contributed by atoms with van der Waals surface area (Å²) < 4.78 is 13.1. The van der Waals surface area contributed by atoms with E-state index in [4.69, 9.17) is 0 Å². The summed E-state index contributed by atoms with van der Waals surface area (Å²) in [5.74, 6) is 0.728. The molecule has 0 bridgehead atoms. The van der Waals surface area contributed by atoms with Crippen LogP contribution in [0.4, 0.5) is 4.39 Å². The first kappa shape index (κ1) is 12.6. The van der Waals surface area contributed by atoms with E-state index in [9.17, 15) is 4.39 Å². The van der Waals surface area contributed by atoms with Gasteiger partial charge in [-0.3, -0.25) is 0 Å². The highest BCUT2D eigenvalue weighted by molar-refractivity contribution is 5.19. The van der Waals surface area contributed by atoms with E-state index in [0.29, 0.717) is 6.04 Å². The average molecular weight is 235 g/mol. The second-order valence-corrected chi connectivity index (χ2v) is 5.40. The molecule has 2 rings (SSSR count). The van der Waals surface area contributed by atoms with E-state index in [0.717, 1.165) is 11.5 Å². The number of benzene rings is 1. The molecule has 1 N–H and O–H groups in total. The van der Waals surface area contributed by atoms with Crippen LogP contribution in [0.5, 0.6) is 0 Å². The van der Waals surface area contributed by atoms with Crippen LogP contribution in [0.2, 0.25) is 0 Å². The van der Waals surface area contributed by atoms with E-state index in [1.165, 1.54) is 31.7 Å². The molecule has 1 fully saturated rings. The van der Waals surface area contributed by atoms with E-state index in [2.05, 4.69) is 19.2 Å². The Hall–Kier alpha value is -0.890. The van der Waals surface area contributed by atoms with Gasteiger partial charge >= 0.3 is 0 Å². The average Bonchev–Trinajstić information content (AvgIpc) is 2.32. The second kappa shape index (κ2) is 5.63. The number of halogens is 1. The molecule has 2 heteroatoms. The lowest BCUT2D eigenvalue weighted by Gasteiger charge is -2.29. The van der Waals surface area contributed by atoms with Crippen LogP contribution in [0.1, 0.15) is 51.1 Å². The highest BCUT2D eigenvalue weighted by Crippen LogP contribution is 2.25. The van der Waals surface area contributed by atoms with Crippen LogP contribution in [0.25, 0.3) is 0 Å². The third kappa shape index (κ3) is 3.53. The van der Waals surface area contributed by atoms with Gasteiger partial charge in [0, 0.05) is 12.1 Å². The molecule has 1 aliphatic rings. The molecule has 0 amide bonds. The van der Waals surface area contributed by atoms with E-state index in [1.807, 2.05) is 6.07 Å². The summed E-state index contributed by atoms with van der Waals surface area (Å²) in [4.78, 5) is 0. The van der Waals surface area contributed by atoms with Gasteiger partial charge in [-0.25, -0.2) is 4.39 Å². The van der Waals surface area contributed by atoms with Gasteiger partial charge in [0.15, 0.2) is 0 Å². The van der Waals surface area contributed by atoms with Crippen molar-refractivity contribution < 1.29 is 4.39 Å². The molecule has 0 spiro atoms. The van der Waals surface area contributed by atoms with E-state index in [-0.39, 0.29) is 11.9 Å². The van der Waals surface area contributed by atoms with Gasteiger partial charge in [0.2, 0.25) is 0 Å². The van der Waals surface area contributed by atoms with Crippen molar-refractivity contribution in [3.05, 3.63) is 35.6 Å². The van der Waals surface area contributed by atoms with Gasteiger partial charge < -0.3 is 5.32 Å². The summed E-state index contributed by atoms with van der Waals surface area (Å²) in [5, 5.41) is 3.62. The van der Waals surface area contributed by atoms with Crippen LogP contribution >= 0.6 is 0 Å². The number of hydrogen-bond acceptors (Lipinski definition) is 1. The summed E-state index contributed by atoms with van der Waals surface area (Å²) in [6.45, 7) is 4.44. The molecule has 1 atom stereocenters. The lowest BCUT2D eigenvalue weighted by Crippen LogP contribution is -2.34. The summed E-state index contributed by atoms with van der Waals surface area (Å²) in [7, 11) is 0. The minimum Gasteiger partial charge on any atom is -0.307 e. The van der Waals surface area contributed by atoms with Crippen molar-refractivity contribution in [2.24, 2.45) is 5.92 Å². The first-order valence-electron chi connectivity index (χ1n) is 6.66. The molecule has 1 aromatic rings. The largest absolute Gasteiger partial charge is 0.307 e. The summed E-state index contributed by atoms with van der Waals surface area (Å²) in [5.41, 5.74) is 1.05. The minimum atomic E-state index is -0.145. The lowest BCUT2D eigenvalue weighted by molar-refractivity contribution is 0.291. The van der Waals surface area contributed by atoms with Crippen molar-refractivity contribution >= 4 is 0 Å². The molecule has 0 radical (unpaired) electrons. The molecule has 1 aromatic carbocycles. The SMILES string of the molecule is CC1CCC(N[C@@H](C)c2cccc(F)c2)CC1. The zero-order valence-corrected chi connectivity index (χ0v) is 10.7. The first-order valence-corrected chi connectivity index (χ1v) is 6.66. The Bertz CT molecular complexity index is 356. The normalized spacial score (nSPS) is 26.8. The van der Waals surface area contributed by atoms with E-state index < -0.39 is 0 Å². The fourth-order valence-corrected chi connectivity index (χ4v) is 2.65. The van der Waals surface area contributed by atoms with E-state index >= 15 is 0 Å². The van der Waals surface area contributed by atoms with Crippen LogP contribution in [-0.4, -0.2) is 6.04 Å². The molecule has 0 aromatic heterocycles. The zero-order chi connectivity index (χ0) is 12.3. The number of hydrogen-bond donors (Lipinski definition) is 1. The molecule has 0 aliphatic heterocycles. The summed E-state index contributed by atoms with van der Waals surface area (Å²) in [6.07, 6.45) is 5.13. The molecular weight excluding hydrogens is 213 g/mol. The Morgan fingerprint density at radius 1 is 1.24 bits per heavy atom. The Morgan fingerprint density at radius 3 is 2.59 bits per heavy atom. The van der Waals surface area contributed by atoms with Crippen LogP contribution in [0.3, 0.4) is 0 Å². The Morgan fingerprint density at radius 2 is 1.94 bits per heavy atom. The van der Waals surface area contributed by atoms with Crippen molar-refractivity contribution in [2.75, 3.05) is 0 Å². The Labute approximate surface area is 103 Å². The molecule has 94 valence electrons. The van der Waals surface area contributed by atoms with Crippen molar-refractivity contribution in [3.8, 4) is 0 Å². The van der Waals surface area contributed by atoms with Crippen LogP contribution in [0, 0.1) is 11.7 Å². The quantitative estimate of drug-likeness (QED) is 0.833. The highest BCUT2D eigenvalue weighted by atomic mass is 19.1. The topological polar surface area (TPSA) is 12.0 Å². The van der Waals surface area contributed by atoms with Gasteiger partial charge in [-0.05, 0) is 56.2 Å². The smallest absolute Gasteiger partial charge is 0.123 e. The molecule has 1 nitrogen and oxygen atoms in total. The summed E-state index contributed by atoms with van der Waals surface area (Å²) >= 11 is 0. The van der Waals surface area contributed by atoms with Gasteiger partial charge in [-0.15, -0.1) is 0 Å². The lowest BCUT2D eigenvalue weighted by atomic mass is 9.87. The van der Waals surface area contributed by atoms with Crippen LogP contribution in [-0.2, 0) is 0 Å². The molecular formula is C15H22FN. The van der Waals surface area contributed by atoms with Crippen LogP contribution < -0.4 is 5.32 Å². The van der Waals surface area contributed by atoms with Gasteiger partial charge in [0.05, 0.1) is 0 Å². The monoisotopic (exact) mass is 235 g/mol. The molecule has 1 aliphatic carbocycles. The number of rotatable bonds is 3. The van der Waals surface area contributed by atoms with Gasteiger partial charge in [0.1, 0.15) is 5.82 Å². The van der Waals surface area contributed by atoms with Gasteiger partial charge in [-0.1, -0.05) is 19.1 Å². The maximum atomic E-state index is 13.1. The zero-order valence-electron chi connectivity index (χ0n) is 10.7. The van der Waals surface area contributed by atoms with Gasteiger partial charge in [-0.2, -0.15) is 0 Å². The predicted molar refractivity (Wildman–Crippen MR) is 69.4 cm³/mol. The molecule has 1 saturated carbocycles. The Kier molecular flexibility index (Phi) is 4.16. The van der Waals surface area contributed by atoms with Crippen molar-refractivity contribution in [1.29, 1.82) is 0 Å². The minimum absolute atomic E-state index is 0.145. The highest BCUT2D eigenvalue weighted by Gasteiger charge is 2.19. The molecule has 0 saturated heterocycles. The number of nitrogens with one attached hydrogen (secondary N) is 1.